The molecule has 4 saturated carbocycles. The Morgan fingerprint density at radius 3 is 1.71 bits per heavy atom. The topological polar surface area (TPSA) is 58.5 Å². The van der Waals surface area contributed by atoms with Crippen molar-refractivity contribution in [1.82, 2.24) is 4.83 Å². The summed E-state index contributed by atoms with van der Waals surface area (Å²) in [5.74, 6) is 3.05. The van der Waals surface area contributed by atoms with Crippen LogP contribution in [-0.2, 0) is 10.0 Å². The van der Waals surface area contributed by atoms with Crippen LogP contribution in [0.25, 0.3) is 0 Å². The van der Waals surface area contributed by atoms with E-state index in [1.807, 2.05) is 6.21 Å². The predicted molar refractivity (Wildman–Crippen MR) is 128 cm³/mol. The van der Waals surface area contributed by atoms with Crippen molar-refractivity contribution in [1.29, 1.82) is 0 Å². The maximum Gasteiger partial charge on any atom is 0.277 e. The van der Waals surface area contributed by atoms with Crippen molar-refractivity contribution in [2.75, 3.05) is 0 Å². The van der Waals surface area contributed by atoms with Crippen molar-refractivity contribution in [3.05, 3.63) is 28.8 Å². The third-order valence-corrected chi connectivity index (χ3v) is 9.30. The highest BCUT2D eigenvalue weighted by Gasteiger charge is 2.50. The molecular weight excluding hydrogens is 404 g/mol. The maximum absolute atomic E-state index is 13.5. The number of sulfonamides is 1. The number of hydrazone groups is 1. The third kappa shape index (κ3) is 4.44. The van der Waals surface area contributed by atoms with Crippen LogP contribution in [0, 0.1) is 23.2 Å². The molecule has 0 atom stereocenters. The summed E-state index contributed by atoms with van der Waals surface area (Å²) in [6, 6.07) is 4.16. The molecule has 1 N–H and O–H groups in total. The molecule has 0 aromatic heterocycles. The first-order valence-corrected chi connectivity index (χ1v) is 13.7. The van der Waals surface area contributed by atoms with Crippen LogP contribution in [0.2, 0.25) is 0 Å². The Morgan fingerprint density at radius 1 is 0.871 bits per heavy atom. The lowest BCUT2D eigenvalue weighted by Gasteiger charge is -2.55. The van der Waals surface area contributed by atoms with E-state index < -0.39 is 10.0 Å². The van der Waals surface area contributed by atoms with Crippen LogP contribution in [0.15, 0.2) is 22.1 Å². The molecule has 5 rings (SSSR count). The number of nitrogens with zero attached hydrogens (tertiary/aromatic N) is 1. The monoisotopic (exact) mass is 444 g/mol. The molecule has 0 amide bonds. The molecule has 0 aliphatic heterocycles. The van der Waals surface area contributed by atoms with Gasteiger partial charge in [-0.15, -0.1) is 0 Å². The van der Waals surface area contributed by atoms with Crippen LogP contribution in [-0.4, -0.2) is 14.6 Å². The number of hydrogen-bond donors (Lipinski definition) is 1. The number of nitrogens with one attached hydrogen (secondary N) is 1. The fourth-order valence-corrected chi connectivity index (χ4v) is 8.31. The maximum atomic E-state index is 13.5. The molecule has 4 aliphatic rings. The van der Waals surface area contributed by atoms with Crippen molar-refractivity contribution in [3.63, 3.8) is 0 Å². The van der Waals surface area contributed by atoms with Gasteiger partial charge in [-0.3, -0.25) is 0 Å². The first kappa shape index (κ1) is 22.8. The Morgan fingerprint density at radius 2 is 1.32 bits per heavy atom. The predicted octanol–water partition coefficient (Wildman–Crippen LogP) is 6.54. The number of benzene rings is 1. The van der Waals surface area contributed by atoms with E-state index in [2.05, 4.69) is 63.6 Å². The smallest absolute Gasteiger partial charge is 0.200 e. The molecule has 31 heavy (non-hydrogen) atoms. The summed E-state index contributed by atoms with van der Waals surface area (Å²) in [5, 5.41) is 4.40. The van der Waals surface area contributed by atoms with Gasteiger partial charge in [0.05, 0.1) is 4.90 Å². The summed E-state index contributed by atoms with van der Waals surface area (Å²) in [6.07, 6.45) is 9.64. The van der Waals surface area contributed by atoms with Crippen molar-refractivity contribution in [2.24, 2.45) is 28.3 Å². The zero-order valence-electron chi connectivity index (χ0n) is 20.1. The average Bonchev–Trinajstić information content (AvgIpc) is 2.65. The van der Waals surface area contributed by atoms with Gasteiger partial charge < -0.3 is 0 Å². The summed E-state index contributed by atoms with van der Waals surface area (Å²) >= 11 is 0. The fraction of sp³-hybridized carbons (Fsp3) is 0.731. The second kappa shape index (κ2) is 8.20. The standard InChI is InChI=1S/C26H40N2O2S/c1-16(2)22-10-23(17(3)4)25(24(11-22)18(5)6)31(29,30)28-27-15-26-12-19-7-20(13-26)9-21(8-19)14-26/h10-11,15-21,28H,7-9,12-14H2,1-6H3/b27-15+. The quantitative estimate of drug-likeness (QED) is 0.383. The number of hydrogen-bond acceptors (Lipinski definition) is 3. The van der Waals surface area contributed by atoms with E-state index in [0.717, 1.165) is 28.9 Å². The third-order valence-electron chi connectivity index (χ3n) is 7.95. The van der Waals surface area contributed by atoms with Crippen molar-refractivity contribution >= 4 is 16.2 Å². The zero-order chi connectivity index (χ0) is 22.6. The van der Waals surface area contributed by atoms with Gasteiger partial charge in [0.25, 0.3) is 10.0 Å². The Bertz CT molecular complexity index is 895. The first-order valence-electron chi connectivity index (χ1n) is 12.2. The van der Waals surface area contributed by atoms with Gasteiger partial charge in [0.2, 0.25) is 0 Å². The molecular formula is C26H40N2O2S. The molecule has 0 radical (unpaired) electrons. The van der Waals surface area contributed by atoms with E-state index in [1.165, 1.54) is 44.1 Å². The molecule has 4 fully saturated rings. The molecule has 0 saturated heterocycles. The molecule has 4 aliphatic carbocycles. The minimum Gasteiger partial charge on any atom is -0.200 e. The van der Waals surface area contributed by atoms with E-state index in [1.54, 1.807) is 0 Å². The molecule has 0 heterocycles. The second-order valence-corrected chi connectivity index (χ2v) is 13.2. The van der Waals surface area contributed by atoms with Gasteiger partial charge in [-0.2, -0.15) is 13.5 Å². The summed E-state index contributed by atoms with van der Waals surface area (Å²) in [4.78, 5) is 3.07. The Kier molecular flexibility index (Phi) is 6.04. The van der Waals surface area contributed by atoms with Gasteiger partial charge in [0, 0.05) is 11.6 Å². The Balaban J connectivity index is 1.65. The van der Waals surface area contributed by atoms with Crippen molar-refractivity contribution in [2.45, 2.75) is 103 Å². The van der Waals surface area contributed by atoms with Crippen molar-refractivity contribution in [3.8, 4) is 0 Å². The summed E-state index contributed by atoms with van der Waals surface area (Å²) < 4.78 is 27.0. The van der Waals surface area contributed by atoms with Crippen LogP contribution >= 0.6 is 0 Å². The minimum atomic E-state index is -3.74. The molecule has 172 valence electrons. The van der Waals surface area contributed by atoms with E-state index in [-0.39, 0.29) is 17.3 Å². The molecule has 1 aromatic carbocycles. The van der Waals surface area contributed by atoms with Gasteiger partial charge >= 0.3 is 0 Å². The van der Waals surface area contributed by atoms with Crippen LogP contribution in [0.3, 0.4) is 0 Å². The van der Waals surface area contributed by atoms with Gasteiger partial charge in [-0.25, -0.2) is 4.83 Å². The van der Waals surface area contributed by atoms with Crippen LogP contribution in [0.5, 0.6) is 0 Å². The lowest BCUT2D eigenvalue weighted by Crippen LogP contribution is -2.47. The Hall–Kier alpha value is -1.36. The van der Waals surface area contributed by atoms with Crippen LogP contribution < -0.4 is 4.83 Å². The second-order valence-electron chi connectivity index (χ2n) is 11.6. The summed E-state index contributed by atoms with van der Waals surface area (Å²) in [7, 11) is -3.74. The first-order chi connectivity index (χ1) is 14.5. The number of rotatable bonds is 7. The lowest BCUT2D eigenvalue weighted by molar-refractivity contribution is -0.00974. The van der Waals surface area contributed by atoms with Gasteiger partial charge in [-0.05, 0) is 90.7 Å². The highest BCUT2D eigenvalue weighted by atomic mass is 32.2. The SMILES string of the molecule is CC(C)c1cc(C(C)C)c(S(=O)(=O)N/N=C/C23CC4CC(CC(C4)C2)C3)c(C(C)C)c1. The van der Waals surface area contributed by atoms with Gasteiger partial charge in [0.1, 0.15) is 0 Å². The highest BCUT2D eigenvalue weighted by Crippen LogP contribution is 2.59. The van der Waals surface area contributed by atoms with Crippen LogP contribution in [0.4, 0.5) is 0 Å². The largest absolute Gasteiger partial charge is 0.277 e. The zero-order valence-corrected chi connectivity index (χ0v) is 20.9. The molecule has 5 heteroatoms. The van der Waals surface area contributed by atoms with E-state index in [4.69, 9.17) is 0 Å². The normalized spacial score (nSPS) is 30.3. The van der Waals surface area contributed by atoms with Gasteiger partial charge in [0.15, 0.2) is 0 Å². The Labute approximate surface area is 189 Å². The van der Waals surface area contributed by atoms with Crippen molar-refractivity contribution < 1.29 is 8.42 Å². The van der Waals surface area contributed by atoms with E-state index in [9.17, 15) is 8.42 Å². The fourth-order valence-electron chi connectivity index (χ4n) is 6.81. The molecule has 1 aromatic rings. The minimum absolute atomic E-state index is 0.112. The summed E-state index contributed by atoms with van der Waals surface area (Å²) in [5.41, 5.74) is 3.10. The van der Waals surface area contributed by atoms with Gasteiger partial charge in [-0.1, -0.05) is 53.7 Å². The lowest BCUT2D eigenvalue weighted by atomic mass is 9.50. The molecule has 4 bridgehead atoms. The van der Waals surface area contributed by atoms with E-state index in [0.29, 0.717) is 10.8 Å². The highest BCUT2D eigenvalue weighted by molar-refractivity contribution is 7.89. The van der Waals surface area contributed by atoms with E-state index >= 15 is 0 Å². The molecule has 4 nitrogen and oxygen atoms in total. The average molecular weight is 445 g/mol. The molecule has 0 unspecified atom stereocenters. The van der Waals surface area contributed by atoms with Crippen LogP contribution in [0.1, 0.15) is 115 Å². The summed E-state index contributed by atoms with van der Waals surface area (Å²) in [6.45, 7) is 12.6. The molecule has 0 spiro atoms.